The topological polar surface area (TPSA) is 57.6 Å². The molecule has 4 nitrogen and oxygen atoms in total. The fourth-order valence-electron chi connectivity index (χ4n) is 2.61. The van der Waals surface area contributed by atoms with Crippen LogP contribution in [0.1, 0.15) is 47.8 Å². The van der Waals surface area contributed by atoms with E-state index >= 15 is 0 Å². The predicted octanol–water partition coefficient (Wildman–Crippen LogP) is 3.25. The van der Waals surface area contributed by atoms with Crippen LogP contribution in [0.3, 0.4) is 0 Å². The fraction of sp³-hybridized carbons (Fsp3) is 0.467. The van der Waals surface area contributed by atoms with Crippen LogP contribution >= 0.6 is 11.3 Å². The van der Waals surface area contributed by atoms with Gasteiger partial charge in [0, 0.05) is 18.7 Å². The molecule has 1 unspecified atom stereocenters. The first kappa shape index (κ1) is 14.8. The van der Waals surface area contributed by atoms with Gasteiger partial charge in [-0.3, -0.25) is 4.79 Å². The van der Waals surface area contributed by atoms with Gasteiger partial charge >= 0.3 is 5.97 Å². The van der Waals surface area contributed by atoms with Crippen molar-refractivity contribution in [3.63, 3.8) is 0 Å². The number of piperidine rings is 1. The van der Waals surface area contributed by atoms with Crippen LogP contribution in [-0.4, -0.2) is 34.5 Å². The molecule has 5 heteroatoms. The number of hydrogen-bond donors (Lipinski definition) is 1. The zero-order chi connectivity index (χ0) is 14.5. The summed E-state index contributed by atoms with van der Waals surface area (Å²) < 4.78 is 0. The van der Waals surface area contributed by atoms with E-state index in [0.29, 0.717) is 16.5 Å². The van der Waals surface area contributed by atoms with Gasteiger partial charge in [0.1, 0.15) is 0 Å². The zero-order valence-corrected chi connectivity index (χ0v) is 12.4. The van der Waals surface area contributed by atoms with E-state index in [1.54, 1.807) is 6.07 Å². The summed E-state index contributed by atoms with van der Waals surface area (Å²) in [4.78, 5) is 25.8. The maximum atomic E-state index is 12.7. The van der Waals surface area contributed by atoms with Crippen molar-refractivity contribution in [3.05, 3.63) is 28.0 Å². The molecule has 0 saturated carbocycles. The molecule has 1 aliphatic rings. The van der Waals surface area contributed by atoms with E-state index in [-0.39, 0.29) is 5.91 Å². The van der Waals surface area contributed by atoms with Crippen molar-refractivity contribution in [1.82, 2.24) is 4.90 Å². The highest BCUT2D eigenvalue weighted by Gasteiger charge is 2.27. The molecule has 20 heavy (non-hydrogen) atoms. The van der Waals surface area contributed by atoms with E-state index in [1.807, 2.05) is 10.3 Å². The van der Waals surface area contributed by atoms with Gasteiger partial charge in [0.25, 0.3) is 5.91 Å². The lowest BCUT2D eigenvalue weighted by atomic mass is 9.99. The Balaban J connectivity index is 2.20. The van der Waals surface area contributed by atoms with Crippen LogP contribution in [0, 0.1) is 0 Å². The molecule has 0 bridgehead atoms. The van der Waals surface area contributed by atoms with Crippen LogP contribution in [0.2, 0.25) is 0 Å². The molecule has 0 radical (unpaired) electrons. The number of hydrogen-bond acceptors (Lipinski definition) is 3. The van der Waals surface area contributed by atoms with E-state index in [9.17, 15) is 9.59 Å². The summed E-state index contributed by atoms with van der Waals surface area (Å²) in [6.45, 7) is 2.91. The van der Waals surface area contributed by atoms with Gasteiger partial charge in [-0.05, 0) is 48.8 Å². The predicted molar refractivity (Wildman–Crippen MR) is 80.0 cm³/mol. The minimum atomic E-state index is -1.00. The highest BCUT2D eigenvalue weighted by molar-refractivity contribution is 7.12. The molecular weight excluding hydrogens is 274 g/mol. The van der Waals surface area contributed by atoms with Gasteiger partial charge in [0.15, 0.2) is 0 Å². The summed E-state index contributed by atoms with van der Waals surface area (Å²) in [6.07, 6.45) is 6.83. The van der Waals surface area contributed by atoms with Gasteiger partial charge in [0.2, 0.25) is 0 Å². The molecule has 2 rings (SSSR count). The summed E-state index contributed by atoms with van der Waals surface area (Å²) in [5, 5.41) is 10.5. The molecule has 0 aromatic carbocycles. The smallest absolute Gasteiger partial charge is 0.328 e. The van der Waals surface area contributed by atoms with Crippen LogP contribution in [0.25, 0.3) is 6.08 Å². The first-order chi connectivity index (χ1) is 9.63. The van der Waals surface area contributed by atoms with Crippen molar-refractivity contribution in [2.45, 2.75) is 38.6 Å². The summed E-state index contributed by atoms with van der Waals surface area (Å²) in [6, 6.07) is 2.11. The Morgan fingerprint density at radius 2 is 2.30 bits per heavy atom. The van der Waals surface area contributed by atoms with Gasteiger partial charge in [-0.25, -0.2) is 4.79 Å². The van der Waals surface area contributed by atoms with Crippen LogP contribution in [0.5, 0.6) is 0 Å². The van der Waals surface area contributed by atoms with E-state index in [2.05, 4.69) is 6.92 Å². The largest absolute Gasteiger partial charge is 0.478 e. The van der Waals surface area contributed by atoms with Crippen molar-refractivity contribution in [2.75, 3.05) is 6.54 Å². The number of rotatable bonds is 4. The van der Waals surface area contributed by atoms with Crippen molar-refractivity contribution in [2.24, 2.45) is 0 Å². The second-order valence-electron chi connectivity index (χ2n) is 4.93. The Kier molecular flexibility index (Phi) is 4.95. The number of carboxylic acids is 1. The number of carboxylic acid groups (broad SMARTS) is 1. The zero-order valence-electron chi connectivity index (χ0n) is 11.5. The number of carbonyl (C=O) groups excluding carboxylic acids is 1. The summed E-state index contributed by atoms with van der Waals surface area (Å²) >= 11 is 1.38. The monoisotopic (exact) mass is 293 g/mol. The van der Waals surface area contributed by atoms with E-state index < -0.39 is 5.97 Å². The molecule has 1 N–H and O–H groups in total. The van der Waals surface area contributed by atoms with Crippen molar-refractivity contribution >= 4 is 29.3 Å². The molecule has 1 atom stereocenters. The minimum absolute atomic E-state index is 0.0385. The Hall–Kier alpha value is -1.62. The number of aliphatic carboxylic acids is 1. The fourth-order valence-corrected chi connectivity index (χ4v) is 3.45. The van der Waals surface area contributed by atoms with E-state index in [0.717, 1.165) is 31.9 Å². The van der Waals surface area contributed by atoms with Crippen LogP contribution in [0.4, 0.5) is 0 Å². The summed E-state index contributed by atoms with van der Waals surface area (Å²) in [5.41, 5.74) is 0.697. The molecule has 0 spiro atoms. The standard InChI is InChI=1S/C15H19NO3S/c1-2-12-5-3-4-9-16(12)15(19)14-11(8-10-20-14)6-7-13(17)18/h6-8,10,12H,2-5,9H2,1H3,(H,17,18). The van der Waals surface area contributed by atoms with E-state index in [1.165, 1.54) is 23.8 Å². The second kappa shape index (κ2) is 6.70. The lowest BCUT2D eigenvalue weighted by Gasteiger charge is -2.35. The summed E-state index contributed by atoms with van der Waals surface area (Å²) in [7, 11) is 0. The first-order valence-corrected chi connectivity index (χ1v) is 7.81. The number of nitrogens with zero attached hydrogens (tertiary/aromatic N) is 1. The van der Waals surface area contributed by atoms with Gasteiger partial charge in [0.05, 0.1) is 4.88 Å². The Morgan fingerprint density at radius 3 is 3.00 bits per heavy atom. The third kappa shape index (κ3) is 3.28. The molecular formula is C15H19NO3S. The average Bonchev–Trinajstić information content (AvgIpc) is 2.92. The second-order valence-corrected chi connectivity index (χ2v) is 5.85. The molecule has 0 aliphatic carbocycles. The molecule has 1 aromatic rings. The minimum Gasteiger partial charge on any atom is -0.478 e. The number of thiophene rings is 1. The molecule has 1 aliphatic heterocycles. The van der Waals surface area contributed by atoms with Crippen molar-refractivity contribution in [3.8, 4) is 0 Å². The molecule has 1 fully saturated rings. The maximum absolute atomic E-state index is 12.7. The normalized spacial score (nSPS) is 19.4. The Morgan fingerprint density at radius 1 is 1.50 bits per heavy atom. The molecule has 1 amide bonds. The average molecular weight is 293 g/mol. The van der Waals surface area contributed by atoms with Gasteiger partial charge in [-0.1, -0.05) is 6.92 Å². The highest BCUT2D eigenvalue weighted by Crippen LogP contribution is 2.26. The molecule has 1 aromatic heterocycles. The van der Waals surface area contributed by atoms with Gasteiger partial charge in [-0.15, -0.1) is 11.3 Å². The number of carbonyl (C=O) groups is 2. The third-order valence-corrected chi connectivity index (χ3v) is 4.57. The SMILES string of the molecule is CCC1CCCCN1C(=O)c1sccc1C=CC(=O)O. The van der Waals surface area contributed by atoms with Crippen LogP contribution in [0.15, 0.2) is 17.5 Å². The maximum Gasteiger partial charge on any atom is 0.328 e. The lowest BCUT2D eigenvalue weighted by Crippen LogP contribution is -2.43. The third-order valence-electron chi connectivity index (χ3n) is 3.65. The van der Waals surface area contributed by atoms with Gasteiger partial charge in [-0.2, -0.15) is 0 Å². The lowest BCUT2D eigenvalue weighted by molar-refractivity contribution is -0.131. The van der Waals surface area contributed by atoms with Crippen molar-refractivity contribution in [1.29, 1.82) is 0 Å². The number of amides is 1. The molecule has 108 valence electrons. The molecule has 1 saturated heterocycles. The van der Waals surface area contributed by atoms with Crippen molar-refractivity contribution < 1.29 is 14.7 Å². The molecule has 2 heterocycles. The Bertz CT molecular complexity index is 521. The highest BCUT2D eigenvalue weighted by atomic mass is 32.1. The van der Waals surface area contributed by atoms with Gasteiger partial charge < -0.3 is 10.0 Å². The van der Waals surface area contributed by atoms with E-state index in [4.69, 9.17) is 5.11 Å². The summed E-state index contributed by atoms with van der Waals surface area (Å²) in [5.74, 6) is -0.962. The van der Waals surface area contributed by atoms with Crippen LogP contribution < -0.4 is 0 Å². The number of likely N-dealkylation sites (tertiary alicyclic amines) is 1. The first-order valence-electron chi connectivity index (χ1n) is 6.93. The van der Waals surface area contributed by atoms with Crippen LogP contribution in [-0.2, 0) is 4.79 Å². The quantitative estimate of drug-likeness (QED) is 0.867. The Labute approximate surface area is 122 Å².